The fourth-order valence-corrected chi connectivity index (χ4v) is 3.24. The van der Waals surface area contributed by atoms with E-state index in [1.165, 1.54) is 12.8 Å². The molecular formula is C17H21ClN2O. The molecule has 1 aromatic heterocycles. The van der Waals surface area contributed by atoms with Crippen molar-refractivity contribution in [3.8, 4) is 0 Å². The van der Waals surface area contributed by atoms with Gasteiger partial charge in [-0.3, -0.25) is 4.90 Å². The highest BCUT2D eigenvalue weighted by molar-refractivity contribution is 6.30. The van der Waals surface area contributed by atoms with Gasteiger partial charge in [0.05, 0.1) is 5.52 Å². The highest BCUT2D eigenvalue weighted by atomic mass is 35.5. The second-order valence-corrected chi connectivity index (χ2v) is 6.16. The topological polar surface area (TPSA) is 25.4 Å². The number of rotatable bonds is 4. The molecule has 3 nitrogen and oxygen atoms in total. The van der Waals surface area contributed by atoms with Crippen LogP contribution in [0.4, 0.5) is 0 Å². The summed E-state index contributed by atoms with van der Waals surface area (Å²) in [6.07, 6.45) is 2.40. The van der Waals surface area contributed by atoms with E-state index in [1.54, 1.807) is 7.11 Å². The molecule has 0 bridgehead atoms. The monoisotopic (exact) mass is 304 g/mol. The predicted molar refractivity (Wildman–Crippen MR) is 86.6 cm³/mol. The van der Waals surface area contributed by atoms with Gasteiger partial charge >= 0.3 is 0 Å². The number of halogens is 1. The maximum atomic E-state index is 6.34. The number of piperidine rings is 1. The lowest BCUT2D eigenvalue weighted by Gasteiger charge is -2.31. The van der Waals surface area contributed by atoms with E-state index in [4.69, 9.17) is 16.3 Å². The average molecular weight is 305 g/mol. The lowest BCUT2D eigenvalue weighted by atomic mass is 9.97. The molecule has 1 saturated heterocycles. The van der Waals surface area contributed by atoms with Crippen LogP contribution < -0.4 is 0 Å². The molecule has 3 rings (SSSR count). The molecule has 2 heterocycles. The third-order valence-electron chi connectivity index (χ3n) is 4.25. The van der Waals surface area contributed by atoms with E-state index in [-0.39, 0.29) is 0 Å². The third kappa shape index (κ3) is 3.54. The standard InChI is InChI=1S/C17H21ClN2O/c1-21-12-13-6-8-20(9-7-13)11-15-10-14-4-2-3-5-16(14)19-17(15)18/h2-5,10,13H,6-9,11-12H2,1H3. The Bertz CT molecular complexity index is 609. The van der Waals surface area contributed by atoms with Crippen LogP contribution in [0.2, 0.25) is 5.15 Å². The van der Waals surface area contributed by atoms with Crippen LogP contribution in [0.15, 0.2) is 30.3 Å². The molecule has 21 heavy (non-hydrogen) atoms. The van der Waals surface area contributed by atoms with Gasteiger partial charge in [-0.1, -0.05) is 29.8 Å². The van der Waals surface area contributed by atoms with Gasteiger partial charge in [0.15, 0.2) is 0 Å². The minimum Gasteiger partial charge on any atom is -0.384 e. The van der Waals surface area contributed by atoms with Crippen LogP contribution in [0.3, 0.4) is 0 Å². The van der Waals surface area contributed by atoms with E-state index in [0.29, 0.717) is 11.1 Å². The summed E-state index contributed by atoms with van der Waals surface area (Å²) in [4.78, 5) is 6.97. The Labute approximate surface area is 130 Å². The van der Waals surface area contributed by atoms with Gasteiger partial charge < -0.3 is 4.74 Å². The van der Waals surface area contributed by atoms with Gasteiger partial charge in [-0.15, -0.1) is 0 Å². The van der Waals surface area contributed by atoms with Crippen LogP contribution >= 0.6 is 11.6 Å². The van der Waals surface area contributed by atoms with Crippen molar-refractivity contribution >= 4 is 22.5 Å². The van der Waals surface area contributed by atoms with E-state index < -0.39 is 0 Å². The van der Waals surface area contributed by atoms with Gasteiger partial charge in [-0.2, -0.15) is 0 Å². The van der Waals surface area contributed by atoms with Crippen molar-refractivity contribution in [2.75, 3.05) is 26.8 Å². The Kier molecular flexibility index (Phi) is 4.73. The molecule has 0 unspecified atom stereocenters. The summed E-state index contributed by atoms with van der Waals surface area (Å²) in [5.74, 6) is 0.705. The van der Waals surface area contributed by atoms with E-state index >= 15 is 0 Å². The van der Waals surface area contributed by atoms with Crippen LogP contribution in [0.5, 0.6) is 0 Å². The molecule has 1 aromatic carbocycles. The number of para-hydroxylation sites is 1. The normalized spacial score (nSPS) is 17.4. The first-order valence-electron chi connectivity index (χ1n) is 7.51. The van der Waals surface area contributed by atoms with E-state index in [1.807, 2.05) is 18.2 Å². The van der Waals surface area contributed by atoms with Crippen molar-refractivity contribution < 1.29 is 4.74 Å². The van der Waals surface area contributed by atoms with Crippen molar-refractivity contribution in [1.82, 2.24) is 9.88 Å². The Morgan fingerprint density at radius 2 is 2.05 bits per heavy atom. The molecule has 1 fully saturated rings. The molecule has 0 N–H and O–H groups in total. The number of hydrogen-bond donors (Lipinski definition) is 0. The molecule has 2 aromatic rings. The molecule has 0 radical (unpaired) electrons. The van der Waals surface area contributed by atoms with Gasteiger partial charge in [-0.25, -0.2) is 4.98 Å². The third-order valence-corrected chi connectivity index (χ3v) is 4.58. The van der Waals surface area contributed by atoms with Crippen LogP contribution in [-0.4, -0.2) is 36.7 Å². The van der Waals surface area contributed by atoms with Crippen molar-refractivity contribution in [2.45, 2.75) is 19.4 Å². The van der Waals surface area contributed by atoms with Crippen molar-refractivity contribution in [2.24, 2.45) is 5.92 Å². The number of hydrogen-bond acceptors (Lipinski definition) is 3. The number of aromatic nitrogens is 1. The van der Waals surface area contributed by atoms with Crippen LogP contribution in [0.25, 0.3) is 10.9 Å². The highest BCUT2D eigenvalue weighted by Gasteiger charge is 2.20. The first kappa shape index (κ1) is 14.8. The molecule has 1 aliphatic rings. The number of likely N-dealkylation sites (tertiary alicyclic amines) is 1. The van der Waals surface area contributed by atoms with Crippen LogP contribution in [-0.2, 0) is 11.3 Å². The van der Waals surface area contributed by atoms with Gasteiger partial charge in [-0.05, 0) is 44.0 Å². The summed E-state index contributed by atoms with van der Waals surface area (Å²) in [5.41, 5.74) is 2.09. The van der Waals surface area contributed by atoms with Gasteiger partial charge in [0, 0.05) is 31.2 Å². The molecule has 0 amide bonds. The quantitative estimate of drug-likeness (QED) is 0.805. The fourth-order valence-electron chi connectivity index (χ4n) is 3.03. The molecule has 112 valence electrons. The second-order valence-electron chi connectivity index (χ2n) is 5.81. The maximum absolute atomic E-state index is 6.34. The summed E-state index contributed by atoms with van der Waals surface area (Å²) in [6, 6.07) is 10.3. The van der Waals surface area contributed by atoms with Crippen LogP contribution in [0, 0.1) is 5.92 Å². The first-order valence-corrected chi connectivity index (χ1v) is 7.89. The van der Waals surface area contributed by atoms with E-state index in [0.717, 1.165) is 42.7 Å². The Morgan fingerprint density at radius 3 is 2.81 bits per heavy atom. The zero-order valence-corrected chi connectivity index (χ0v) is 13.1. The van der Waals surface area contributed by atoms with Crippen molar-refractivity contribution in [3.63, 3.8) is 0 Å². The zero-order valence-electron chi connectivity index (χ0n) is 12.4. The Hall–Kier alpha value is -1.16. The largest absolute Gasteiger partial charge is 0.384 e. The number of fused-ring (bicyclic) bond motifs is 1. The SMILES string of the molecule is COCC1CCN(Cc2cc3ccccc3nc2Cl)CC1. The predicted octanol–water partition coefficient (Wildman–Crippen LogP) is 3.75. The molecule has 0 spiro atoms. The second kappa shape index (κ2) is 6.73. The number of ether oxygens (including phenoxy) is 1. The summed E-state index contributed by atoms with van der Waals surface area (Å²) in [5, 5.41) is 1.79. The van der Waals surface area contributed by atoms with E-state index in [2.05, 4.69) is 22.0 Å². The fraction of sp³-hybridized carbons (Fsp3) is 0.471. The van der Waals surface area contributed by atoms with Gasteiger partial charge in [0.1, 0.15) is 5.15 Å². The molecule has 0 aliphatic carbocycles. The molecular weight excluding hydrogens is 284 g/mol. The number of nitrogens with zero attached hydrogens (tertiary/aromatic N) is 2. The molecule has 0 saturated carbocycles. The van der Waals surface area contributed by atoms with Crippen molar-refractivity contribution in [3.05, 3.63) is 41.0 Å². The lowest BCUT2D eigenvalue weighted by Crippen LogP contribution is -2.34. The summed E-state index contributed by atoms with van der Waals surface area (Å²) in [7, 11) is 1.78. The zero-order chi connectivity index (χ0) is 14.7. The smallest absolute Gasteiger partial charge is 0.134 e. The van der Waals surface area contributed by atoms with Gasteiger partial charge in [0.2, 0.25) is 0 Å². The molecule has 0 atom stereocenters. The number of pyridine rings is 1. The highest BCUT2D eigenvalue weighted by Crippen LogP contribution is 2.24. The summed E-state index contributed by atoms with van der Waals surface area (Å²) >= 11 is 6.34. The average Bonchev–Trinajstić information content (AvgIpc) is 2.50. The number of benzene rings is 1. The summed E-state index contributed by atoms with van der Waals surface area (Å²) < 4.78 is 5.25. The minimum absolute atomic E-state index is 0.632. The first-order chi connectivity index (χ1) is 10.3. The minimum atomic E-state index is 0.632. The Balaban J connectivity index is 1.69. The molecule has 1 aliphatic heterocycles. The Morgan fingerprint density at radius 1 is 1.29 bits per heavy atom. The van der Waals surface area contributed by atoms with E-state index in [9.17, 15) is 0 Å². The molecule has 4 heteroatoms. The van der Waals surface area contributed by atoms with Gasteiger partial charge in [0.25, 0.3) is 0 Å². The maximum Gasteiger partial charge on any atom is 0.134 e. The van der Waals surface area contributed by atoms with Crippen LogP contribution in [0.1, 0.15) is 18.4 Å². The summed E-state index contributed by atoms with van der Waals surface area (Å²) in [6.45, 7) is 3.98. The number of methoxy groups -OCH3 is 1. The van der Waals surface area contributed by atoms with Crippen molar-refractivity contribution in [1.29, 1.82) is 0 Å². The lowest BCUT2D eigenvalue weighted by molar-refractivity contribution is 0.0968.